The molecule has 0 spiro atoms. The van der Waals surface area contributed by atoms with Gasteiger partial charge in [0.05, 0.1) is 33.6 Å². The number of rotatable bonds is 16. The maximum atomic E-state index is 7.61. The highest BCUT2D eigenvalue weighted by atomic mass is 16.6. The van der Waals surface area contributed by atoms with Gasteiger partial charge in [-0.25, -0.2) is 19.9 Å². The molecule has 2 aliphatic heterocycles. The van der Waals surface area contributed by atoms with Crippen molar-refractivity contribution < 1.29 is 18.9 Å². The Balaban J connectivity index is 0.553. The summed E-state index contributed by atoms with van der Waals surface area (Å²) in [6, 6.07) is 167. The van der Waals surface area contributed by atoms with Gasteiger partial charge in [0.1, 0.15) is 0 Å². The van der Waals surface area contributed by atoms with Gasteiger partial charge in [-0.1, -0.05) is 431 Å². The van der Waals surface area contributed by atoms with Gasteiger partial charge in [0.15, 0.2) is 57.6 Å². The molecule has 0 unspecified atom stereocenters. The van der Waals surface area contributed by atoms with Gasteiger partial charge in [-0.3, -0.25) is 0 Å². The molecular formula is C124H78N4O4. The first-order valence-electron chi connectivity index (χ1n) is 44.8. The quantitative estimate of drug-likeness (QED) is 0.0945. The second-order valence-electron chi connectivity index (χ2n) is 34.1. The van der Waals surface area contributed by atoms with Crippen LogP contribution < -0.4 is 18.9 Å². The monoisotopic (exact) mass is 1690 g/mol. The highest BCUT2D eigenvalue weighted by Crippen LogP contribution is 2.66. The van der Waals surface area contributed by atoms with Crippen LogP contribution in [0.25, 0.3) is 157 Å². The molecule has 19 aromatic carbocycles. The normalized spacial score (nSPS) is 12.9. The van der Waals surface area contributed by atoms with Crippen LogP contribution in [0.3, 0.4) is 0 Å². The van der Waals surface area contributed by atoms with Gasteiger partial charge >= 0.3 is 0 Å². The molecule has 0 fully saturated rings. The number of ether oxygens (including phenoxy) is 4. The maximum Gasteiger partial charge on any atom is 0.178 e. The fourth-order valence-corrected chi connectivity index (χ4v) is 20.4. The lowest BCUT2D eigenvalue weighted by molar-refractivity contribution is 0.361. The van der Waals surface area contributed by atoms with Gasteiger partial charge < -0.3 is 18.9 Å². The van der Waals surface area contributed by atoms with Crippen molar-refractivity contribution in [2.24, 2.45) is 0 Å². The highest BCUT2D eigenvalue weighted by molar-refractivity contribution is 5.96. The van der Waals surface area contributed by atoms with Crippen LogP contribution in [-0.2, 0) is 10.8 Å². The summed E-state index contributed by atoms with van der Waals surface area (Å²) < 4.78 is 29.2. The van der Waals surface area contributed by atoms with E-state index in [9.17, 15) is 0 Å². The van der Waals surface area contributed by atoms with Crippen LogP contribution >= 0.6 is 0 Å². The number of nitrogens with zero attached hydrogens (tertiary/aromatic N) is 4. The molecule has 2 aromatic heterocycles. The Morgan fingerprint density at radius 1 is 0.152 bits per heavy atom. The van der Waals surface area contributed by atoms with E-state index in [4.69, 9.17) is 38.9 Å². The third-order valence-corrected chi connectivity index (χ3v) is 26.7. The zero-order chi connectivity index (χ0) is 87.2. The summed E-state index contributed by atoms with van der Waals surface area (Å²) in [4.78, 5) is 21.4. The Kier molecular flexibility index (Phi) is 18.6. The second kappa shape index (κ2) is 31.8. The van der Waals surface area contributed by atoms with E-state index < -0.39 is 10.8 Å². The average Bonchev–Trinajstić information content (AvgIpc) is 1.53. The molecule has 2 aliphatic carbocycles. The molecule has 21 aromatic rings. The Labute approximate surface area is 765 Å². The third kappa shape index (κ3) is 13.0. The molecule has 0 amide bonds. The molecule has 0 N–H and O–H groups in total. The summed E-state index contributed by atoms with van der Waals surface area (Å²) in [5, 5.41) is 0. The van der Waals surface area contributed by atoms with E-state index in [1.807, 2.05) is 30.3 Å². The number of para-hydroxylation sites is 1. The van der Waals surface area contributed by atoms with E-state index >= 15 is 0 Å². The summed E-state index contributed by atoms with van der Waals surface area (Å²) in [5.41, 5.74) is 33.5. The number of aromatic nitrogens is 4. The standard InChI is InChI=1S/C124H78N4O4/c1-8-27-79(28-9-1)81-51-61-89(62-52-81)108-77-107(88-31-12-3-13-32-88)125-122(126-108)93-69-59-87(60-70-93)102-75-94(76-114-118(102)132-120-113(130-114)74-72-106-116(120)101-42-23-25-45-104(101)124(106,97-37-18-6-19-38-97)98-39-20-7-21-40-98)85-49-47-83(48-50-85)84-55-67-92(68-56-84)121-127-109(90-63-53-82(54-64-90)80-29-10-2-11-30-80)78-110(128-121)91-65-57-86(58-66-91)99-43-26-46-111-117(99)131-119-112(129-111)73-71-105-115(119)100-41-22-24-44-103(100)123(105,95-33-14-4-15-34-95)96-35-16-5-17-36-96/h1-78H. The van der Waals surface area contributed by atoms with Crippen LogP contribution in [0, 0.1) is 0 Å². The van der Waals surface area contributed by atoms with E-state index in [0.717, 1.165) is 156 Å². The topological polar surface area (TPSA) is 88.5 Å². The van der Waals surface area contributed by atoms with E-state index in [1.165, 1.54) is 33.4 Å². The SMILES string of the molecule is c1ccc(-c2ccc(-c3cc(-c4ccc(-c5cccc6c5Oc5c(ccc7c5-c5ccccc5C7(c5ccccc5)c5ccccc5)O6)cc4)nc(-c4ccc(-c5ccc(-c6cc7c(c(-c8ccc(-c9nc(-c%10ccccc%10)cc(-c%10ccc(-c%11ccccc%11)cc%10)n9)cc8)c6)Oc6c(ccc8c6-c6ccccc6C8(c6ccccc6)c6ccccc6)O7)cc5)cc4)n3)cc2)cc1. The number of hydrogen-bond donors (Lipinski definition) is 0. The third-order valence-electron chi connectivity index (χ3n) is 26.7. The number of benzene rings is 19. The van der Waals surface area contributed by atoms with Crippen molar-refractivity contribution in [1.29, 1.82) is 0 Å². The molecule has 132 heavy (non-hydrogen) atoms. The van der Waals surface area contributed by atoms with Crippen molar-refractivity contribution in [3.05, 3.63) is 518 Å². The summed E-state index contributed by atoms with van der Waals surface area (Å²) >= 11 is 0. The predicted molar refractivity (Wildman–Crippen MR) is 531 cm³/mol. The minimum Gasteiger partial charge on any atom is -0.449 e. The van der Waals surface area contributed by atoms with Crippen molar-refractivity contribution >= 4 is 0 Å². The lowest BCUT2D eigenvalue weighted by Gasteiger charge is -2.34. The van der Waals surface area contributed by atoms with Gasteiger partial charge in [-0.2, -0.15) is 0 Å². The smallest absolute Gasteiger partial charge is 0.178 e. The van der Waals surface area contributed by atoms with Crippen molar-refractivity contribution in [2.75, 3.05) is 0 Å². The molecule has 0 saturated carbocycles. The van der Waals surface area contributed by atoms with Gasteiger partial charge in [0.25, 0.3) is 0 Å². The van der Waals surface area contributed by atoms with Crippen LogP contribution in [0.4, 0.5) is 0 Å². The van der Waals surface area contributed by atoms with Crippen LogP contribution in [0.1, 0.15) is 44.5 Å². The molecular weight excluding hydrogens is 1610 g/mol. The molecule has 0 saturated heterocycles. The first-order valence-corrected chi connectivity index (χ1v) is 44.8. The fraction of sp³-hybridized carbons (Fsp3) is 0.0161. The lowest BCUT2D eigenvalue weighted by atomic mass is 9.68. The van der Waals surface area contributed by atoms with E-state index in [0.29, 0.717) is 57.6 Å². The molecule has 0 radical (unpaired) electrons. The summed E-state index contributed by atoms with van der Waals surface area (Å²) in [5.74, 6) is 6.43. The van der Waals surface area contributed by atoms with Gasteiger partial charge in [0.2, 0.25) is 0 Å². The second-order valence-corrected chi connectivity index (χ2v) is 34.1. The first kappa shape index (κ1) is 76.9. The molecule has 8 heteroatoms. The molecule has 25 rings (SSSR count). The van der Waals surface area contributed by atoms with E-state index in [2.05, 4.69) is 443 Å². The molecule has 4 aliphatic rings. The molecule has 618 valence electrons. The molecule has 0 atom stereocenters. The van der Waals surface area contributed by atoms with Crippen molar-refractivity contribution in [3.63, 3.8) is 0 Å². The maximum absolute atomic E-state index is 7.61. The van der Waals surface area contributed by atoms with Gasteiger partial charge in [0, 0.05) is 55.6 Å². The summed E-state index contributed by atoms with van der Waals surface area (Å²) in [6.45, 7) is 0. The van der Waals surface area contributed by atoms with Crippen molar-refractivity contribution in [2.45, 2.75) is 10.8 Å². The largest absolute Gasteiger partial charge is 0.449 e. The molecule has 0 bridgehead atoms. The highest BCUT2D eigenvalue weighted by Gasteiger charge is 2.51. The van der Waals surface area contributed by atoms with Gasteiger partial charge in [-0.05, 0) is 154 Å². The van der Waals surface area contributed by atoms with Gasteiger partial charge in [-0.15, -0.1) is 0 Å². The Bertz CT molecular complexity index is 7950. The predicted octanol–water partition coefficient (Wildman–Crippen LogP) is 31.8. The zero-order valence-corrected chi connectivity index (χ0v) is 71.5. The average molecular weight is 1690 g/mol. The van der Waals surface area contributed by atoms with E-state index in [-0.39, 0.29) is 0 Å². The van der Waals surface area contributed by atoms with Crippen LogP contribution in [0.2, 0.25) is 0 Å². The first-order chi connectivity index (χ1) is 65.4. The van der Waals surface area contributed by atoms with Crippen LogP contribution in [-0.4, -0.2) is 19.9 Å². The number of hydrogen-bond acceptors (Lipinski definition) is 8. The summed E-state index contributed by atoms with van der Waals surface area (Å²) in [6.07, 6.45) is 0. The van der Waals surface area contributed by atoms with Crippen LogP contribution in [0.5, 0.6) is 46.0 Å². The fourth-order valence-electron chi connectivity index (χ4n) is 20.4. The summed E-state index contributed by atoms with van der Waals surface area (Å²) in [7, 11) is 0. The minimum atomic E-state index is -0.651. The van der Waals surface area contributed by atoms with Crippen molar-refractivity contribution in [1.82, 2.24) is 19.9 Å². The lowest BCUT2D eigenvalue weighted by Crippen LogP contribution is -2.28. The minimum absolute atomic E-state index is 0.602. The Morgan fingerprint density at radius 3 is 0.811 bits per heavy atom. The van der Waals surface area contributed by atoms with Crippen LogP contribution in [0.15, 0.2) is 473 Å². The molecule has 4 heterocycles. The Hall–Kier alpha value is -17.5. The van der Waals surface area contributed by atoms with Crippen molar-refractivity contribution in [3.8, 4) is 203 Å². The number of fused-ring (bicyclic) bond motifs is 12. The Morgan fingerprint density at radius 2 is 0.424 bits per heavy atom. The zero-order valence-electron chi connectivity index (χ0n) is 71.5. The molecule has 8 nitrogen and oxygen atoms in total. The van der Waals surface area contributed by atoms with E-state index in [1.54, 1.807) is 0 Å².